The van der Waals surface area contributed by atoms with Crippen LogP contribution in [0, 0.1) is 5.92 Å². The summed E-state index contributed by atoms with van der Waals surface area (Å²) >= 11 is 6.13. The van der Waals surface area contributed by atoms with Crippen LogP contribution in [-0.4, -0.2) is 89.8 Å². The zero-order valence-corrected chi connectivity index (χ0v) is 27.2. The van der Waals surface area contributed by atoms with Crippen LogP contribution in [0.25, 0.3) is 0 Å². The molecule has 0 aliphatic carbocycles. The minimum atomic E-state index is -0.648. The first kappa shape index (κ1) is 32.5. The van der Waals surface area contributed by atoms with Crippen molar-refractivity contribution < 1.29 is 14.4 Å². The molecule has 0 unspecified atom stereocenters. The first-order valence-corrected chi connectivity index (χ1v) is 16.7. The van der Waals surface area contributed by atoms with E-state index < -0.39 is 6.04 Å². The Balaban J connectivity index is 1.24. The average Bonchev–Trinajstić information content (AvgIpc) is 3.51. The maximum atomic E-state index is 14.0. The molecule has 0 saturated carbocycles. The van der Waals surface area contributed by atoms with Crippen LogP contribution < -0.4 is 10.6 Å². The van der Waals surface area contributed by atoms with Gasteiger partial charge in [0.2, 0.25) is 17.7 Å². The van der Waals surface area contributed by atoms with Gasteiger partial charge in [0.25, 0.3) is 0 Å². The van der Waals surface area contributed by atoms with E-state index in [1.807, 2.05) is 46.2 Å². The molecule has 2 saturated heterocycles. The summed E-state index contributed by atoms with van der Waals surface area (Å²) in [5.74, 6) is 0.517. The quantitative estimate of drug-likeness (QED) is 0.415. The highest BCUT2D eigenvalue weighted by atomic mass is 35.5. The van der Waals surface area contributed by atoms with Crippen LogP contribution in [-0.2, 0) is 27.2 Å². The minimum Gasteiger partial charge on any atom is -0.344 e. The molecular formula is C35H48ClN5O3. The number of amides is 3. The number of piperidine rings is 1. The number of likely N-dealkylation sites (tertiary alicyclic amines) is 2. The third-order valence-electron chi connectivity index (χ3n) is 9.49. The number of hydrogen-bond acceptors (Lipinski definition) is 5. The lowest BCUT2D eigenvalue weighted by molar-refractivity contribution is -0.138. The Kier molecular flexibility index (Phi) is 11.0. The van der Waals surface area contributed by atoms with Crippen LogP contribution >= 0.6 is 11.6 Å². The number of rotatable bonds is 10. The monoisotopic (exact) mass is 621 g/mol. The number of fused-ring (bicyclic) bond motifs is 1. The van der Waals surface area contributed by atoms with Gasteiger partial charge in [-0.3, -0.25) is 19.3 Å². The maximum Gasteiger partial charge on any atom is 0.245 e. The SMILES string of the molecule is CC(=O)N1CC[C@H](N(CC(C)C)C2CCN(C(=O)[C@@H](Cc3ccc(Cl)cc3)NC(=O)C[C@H]3NCCc4ccccc43)CC2)C1. The second kappa shape index (κ2) is 14.9. The standard InChI is InChI=1S/C35H48ClN5O3/c1-24(2)22-41(30-15-19-40(23-30)25(3)42)29-13-17-39(18-14-29)35(44)33(20-26-8-10-28(36)11-9-26)38-34(43)21-32-31-7-5-4-6-27(31)12-16-37-32/h4-11,24,29-30,32-33,37H,12-23H2,1-3H3,(H,38,43)/t30-,32+,33+/m0/s1. The Labute approximate surface area is 267 Å². The molecule has 2 fully saturated rings. The molecule has 3 heterocycles. The number of nitrogens with zero attached hydrogens (tertiary/aromatic N) is 3. The number of carbonyl (C=O) groups excluding carboxylic acids is 3. The molecule has 0 aromatic heterocycles. The minimum absolute atomic E-state index is 0.0252. The van der Waals surface area contributed by atoms with Crippen molar-refractivity contribution in [1.29, 1.82) is 0 Å². The Morgan fingerprint density at radius 2 is 1.66 bits per heavy atom. The van der Waals surface area contributed by atoms with E-state index in [1.165, 1.54) is 5.56 Å². The van der Waals surface area contributed by atoms with Gasteiger partial charge < -0.3 is 20.4 Å². The molecule has 9 heteroatoms. The number of halogens is 1. The van der Waals surface area contributed by atoms with Crippen LogP contribution in [0.3, 0.4) is 0 Å². The normalized spacial score (nSPS) is 21.4. The molecule has 2 aromatic rings. The van der Waals surface area contributed by atoms with Gasteiger partial charge in [0.15, 0.2) is 0 Å². The Morgan fingerprint density at radius 1 is 0.977 bits per heavy atom. The van der Waals surface area contributed by atoms with Crippen molar-refractivity contribution in [2.75, 3.05) is 39.3 Å². The van der Waals surface area contributed by atoms with Crippen molar-refractivity contribution in [2.24, 2.45) is 5.92 Å². The number of nitrogens with one attached hydrogen (secondary N) is 2. The predicted molar refractivity (Wildman–Crippen MR) is 174 cm³/mol. The summed E-state index contributed by atoms with van der Waals surface area (Å²) in [6.07, 6.45) is 4.43. The molecular weight excluding hydrogens is 574 g/mol. The van der Waals surface area contributed by atoms with E-state index in [4.69, 9.17) is 11.6 Å². The predicted octanol–water partition coefficient (Wildman–Crippen LogP) is 4.21. The van der Waals surface area contributed by atoms with Crippen molar-refractivity contribution in [3.63, 3.8) is 0 Å². The molecule has 238 valence electrons. The fraction of sp³-hybridized carbons (Fsp3) is 0.571. The van der Waals surface area contributed by atoms with Crippen LogP contribution in [0.5, 0.6) is 0 Å². The van der Waals surface area contributed by atoms with Crippen LogP contribution in [0.1, 0.15) is 69.2 Å². The van der Waals surface area contributed by atoms with E-state index in [1.54, 1.807) is 6.92 Å². The lowest BCUT2D eigenvalue weighted by Gasteiger charge is -2.43. The molecule has 0 radical (unpaired) electrons. The van der Waals surface area contributed by atoms with Crippen LogP contribution in [0.15, 0.2) is 48.5 Å². The van der Waals surface area contributed by atoms with Gasteiger partial charge >= 0.3 is 0 Å². The van der Waals surface area contributed by atoms with Gasteiger partial charge in [-0.15, -0.1) is 0 Å². The van der Waals surface area contributed by atoms with Gasteiger partial charge in [-0.2, -0.15) is 0 Å². The largest absolute Gasteiger partial charge is 0.344 e. The average molecular weight is 622 g/mol. The van der Waals surface area contributed by atoms with E-state index in [0.29, 0.717) is 42.5 Å². The van der Waals surface area contributed by atoms with Gasteiger partial charge in [0.05, 0.1) is 0 Å². The van der Waals surface area contributed by atoms with Crippen molar-refractivity contribution in [3.05, 3.63) is 70.2 Å². The van der Waals surface area contributed by atoms with Crippen molar-refractivity contribution in [2.45, 2.75) is 83.5 Å². The van der Waals surface area contributed by atoms with Crippen molar-refractivity contribution >= 4 is 29.3 Å². The molecule has 2 aromatic carbocycles. The second-order valence-electron chi connectivity index (χ2n) is 13.2. The van der Waals surface area contributed by atoms with E-state index in [2.05, 4.69) is 41.5 Å². The van der Waals surface area contributed by atoms with E-state index in [-0.39, 0.29) is 30.2 Å². The lowest BCUT2D eigenvalue weighted by atomic mass is 9.92. The Bertz CT molecular complexity index is 1290. The molecule has 0 bridgehead atoms. The van der Waals surface area contributed by atoms with Gasteiger partial charge in [0.1, 0.15) is 6.04 Å². The molecule has 3 amide bonds. The zero-order chi connectivity index (χ0) is 31.2. The molecule has 0 spiro atoms. The lowest BCUT2D eigenvalue weighted by Crippen LogP contribution is -2.55. The van der Waals surface area contributed by atoms with Crippen LogP contribution in [0.4, 0.5) is 0 Å². The van der Waals surface area contributed by atoms with Gasteiger partial charge in [0, 0.05) is 75.6 Å². The van der Waals surface area contributed by atoms with Crippen molar-refractivity contribution in [3.8, 4) is 0 Å². The molecule has 3 aliphatic heterocycles. The first-order chi connectivity index (χ1) is 21.2. The number of hydrogen-bond donors (Lipinski definition) is 2. The first-order valence-electron chi connectivity index (χ1n) is 16.3. The third-order valence-corrected chi connectivity index (χ3v) is 9.74. The topological polar surface area (TPSA) is 85.0 Å². The number of carbonyl (C=O) groups is 3. The maximum absolute atomic E-state index is 14.0. The summed E-state index contributed by atoms with van der Waals surface area (Å²) in [4.78, 5) is 46.0. The molecule has 2 N–H and O–H groups in total. The smallest absolute Gasteiger partial charge is 0.245 e. The summed E-state index contributed by atoms with van der Waals surface area (Å²) in [6, 6.07) is 15.8. The van der Waals surface area contributed by atoms with E-state index >= 15 is 0 Å². The fourth-order valence-electron chi connectivity index (χ4n) is 7.22. The van der Waals surface area contributed by atoms with E-state index in [0.717, 1.165) is 63.0 Å². The molecule has 3 aliphatic rings. The van der Waals surface area contributed by atoms with E-state index in [9.17, 15) is 14.4 Å². The Morgan fingerprint density at radius 3 is 2.34 bits per heavy atom. The molecule has 8 nitrogen and oxygen atoms in total. The second-order valence-corrected chi connectivity index (χ2v) is 13.6. The summed E-state index contributed by atoms with van der Waals surface area (Å²) in [6.45, 7) is 10.9. The summed E-state index contributed by atoms with van der Waals surface area (Å²) in [5, 5.41) is 7.26. The highest BCUT2D eigenvalue weighted by Gasteiger charge is 2.37. The highest BCUT2D eigenvalue weighted by molar-refractivity contribution is 6.30. The summed E-state index contributed by atoms with van der Waals surface area (Å²) in [7, 11) is 0. The van der Waals surface area contributed by atoms with Crippen LogP contribution in [0.2, 0.25) is 5.02 Å². The summed E-state index contributed by atoms with van der Waals surface area (Å²) < 4.78 is 0. The van der Waals surface area contributed by atoms with Crippen molar-refractivity contribution in [1.82, 2.24) is 25.3 Å². The van der Waals surface area contributed by atoms with Gasteiger partial charge in [-0.25, -0.2) is 0 Å². The molecule has 5 rings (SSSR count). The third kappa shape index (κ3) is 8.20. The highest BCUT2D eigenvalue weighted by Crippen LogP contribution is 2.27. The number of benzene rings is 2. The molecule has 44 heavy (non-hydrogen) atoms. The molecule has 3 atom stereocenters. The fourth-order valence-corrected chi connectivity index (χ4v) is 7.35. The van der Waals surface area contributed by atoms with Gasteiger partial charge in [-0.05, 0) is 67.0 Å². The van der Waals surface area contributed by atoms with Gasteiger partial charge in [-0.1, -0.05) is 61.8 Å². The Hall–Kier alpha value is -2.94. The zero-order valence-electron chi connectivity index (χ0n) is 26.4. The summed E-state index contributed by atoms with van der Waals surface area (Å²) in [5.41, 5.74) is 3.40.